The fourth-order valence-electron chi connectivity index (χ4n) is 3.62. The number of hydrogen-bond acceptors (Lipinski definition) is 6. The molecule has 0 bridgehead atoms. The highest BCUT2D eigenvalue weighted by molar-refractivity contribution is 8.00. The van der Waals surface area contributed by atoms with Crippen LogP contribution in [0.3, 0.4) is 0 Å². The average Bonchev–Trinajstić information content (AvgIpc) is 3.17. The Morgan fingerprint density at radius 1 is 1.19 bits per heavy atom. The van der Waals surface area contributed by atoms with Gasteiger partial charge in [0, 0.05) is 12.1 Å². The Kier molecular flexibility index (Phi) is 6.18. The van der Waals surface area contributed by atoms with E-state index in [1.807, 2.05) is 61.0 Å². The molecule has 4 rings (SSSR count). The first-order valence-corrected chi connectivity index (χ1v) is 11.3. The molecule has 0 radical (unpaired) electrons. The predicted molar refractivity (Wildman–Crippen MR) is 123 cm³/mol. The molecule has 8 heteroatoms. The molecule has 0 fully saturated rings. The van der Waals surface area contributed by atoms with Gasteiger partial charge < -0.3 is 15.5 Å². The van der Waals surface area contributed by atoms with E-state index in [4.69, 9.17) is 4.74 Å². The van der Waals surface area contributed by atoms with E-state index in [2.05, 4.69) is 27.9 Å². The minimum absolute atomic E-state index is 0.0710. The van der Waals surface area contributed by atoms with E-state index in [0.717, 1.165) is 46.8 Å². The van der Waals surface area contributed by atoms with E-state index in [9.17, 15) is 4.79 Å². The van der Waals surface area contributed by atoms with Crippen LogP contribution in [0.4, 0.5) is 5.69 Å². The van der Waals surface area contributed by atoms with Gasteiger partial charge in [-0.3, -0.25) is 4.79 Å². The highest BCUT2D eigenvalue weighted by atomic mass is 32.2. The molecule has 1 aliphatic rings. The van der Waals surface area contributed by atoms with Crippen LogP contribution < -0.4 is 15.5 Å². The Balaban J connectivity index is 1.67. The molecule has 1 amide bonds. The van der Waals surface area contributed by atoms with Crippen molar-refractivity contribution in [3.8, 4) is 5.75 Å². The molecule has 0 saturated carbocycles. The van der Waals surface area contributed by atoms with Crippen molar-refractivity contribution in [1.82, 2.24) is 14.9 Å². The number of nitrogens with one attached hydrogen (secondary N) is 2. The lowest BCUT2D eigenvalue weighted by Gasteiger charge is -2.33. The van der Waals surface area contributed by atoms with Gasteiger partial charge in [0.05, 0.1) is 13.2 Å². The molecule has 31 heavy (non-hydrogen) atoms. The molecule has 162 valence electrons. The lowest BCUT2D eigenvalue weighted by atomic mass is 10.0. The van der Waals surface area contributed by atoms with Crippen LogP contribution in [0.25, 0.3) is 0 Å². The van der Waals surface area contributed by atoms with E-state index >= 15 is 0 Å². The average molecular weight is 438 g/mol. The third-order valence-electron chi connectivity index (χ3n) is 5.36. The molecule has 0 spiro atoms. The Morgan fingerprint density at radius 3 is 2.68 bits per heavy atom. The zero-order chi connectivity index (χ0) is 22.0. The summed E-state index contributed by atoms with van der Waals surface area (Å²) in [5.74, 6) is 1.58. The number of aromatic nitrogens is 3. The topological polar surface area (TPSA) is 81.1 Å². The highest BCUT2D eigenvalue weighted by Gasteiger charge is 2.38. The number of fused-ring (bicyclic) bond motifs is 1. The summed E-state index contributed by atoms with van der Waals surface area (Å²) in [4.78, 5) is 13.4. The third-order valence-corrected chi connectivity index (χ3v) is 6.58. The fraction of sp³-hybridized carbons (Fsp3) is 0.348. The lowest BCUT2D eigenvalue weighted by molar-refractivity contribution is -0.116. The molecule has 0 unspecified atom stereocenters. The summed E-state index contributed by atoms with van der Waals surface area (Å²) >= 11 is 1.44. The SMILES string of the molecule is CCCc1nnc2n1N[C@@H](c1ccc(OC)cc1)[C@@H](C(=O)Nc1cc(C)ccc1C)S2. The number of carbonyl (C=O) groups excluding carboxylic acids is 1. The second-order valence-electron chi connectivity index (χ2n) is 7.71. The maximum atomic E-state index is 13.4. The highest BCUT2D eigenvalue weighted by Crippen LogP contribution is 2.38. The number of carbonyl (C=O) groups is 1. The third kappa shape index (κ3) is 4.39. The van der Waals surface area contributed by atoms with Gasteiger partial charge in [-0.2, -0.15) is 0 Å². The molecule has 7 nitrogen and oxygen atoms in total. The van der Waals surface area contributed by atoms with Crippen LogP contribution in [0.2, 0.25) is 0 Å². The number of methoxy groups -OCH3 is 1. The first-order valence-electron chi connectivity index (χ1n) is 10.4. The smallest absolute Gasteiger partial charge is 0.240 e. The predicted octanol–water partition coefficient (Wildman–Crippen LogP) is 4.25. The molecular weight excluding hydrogens is 410 g/mol. The molecule has 2 N–H and O–H groups in total. The number of amides is 1. The van der Waals surface area contributed by atoms with Crippen LogP contribution in [0.15, 0.2) is 47.6 Å². The van der Waals surface area contributed by atoms with Crippen molar-refractivity contribution >= 4 is 23.4 Å². The van der Waals surface area contributed by atoms with Gasteiger partial charge in [0.2, 0.25) is 11.1 Å². The monoisotopic (exact) mass is 437 g/mol. The van der Waals surface area contributed by atoms with Gasteiger partial charge in [0.1, 0.15) is 11.0 Å². The van der Waals surface area contributed by atoms with Crippen molar-refractivity contribution in [3.05, 3.63) is 65.0 Å². The quantitative estimate of drug-likeness (QED) is 0.600. The number of benzene rings is 2. The van der Waals surface area contributed by atoms with Gasteiger partial charge in [0.25, 0.3) is 0 Å². The van der Waals surface area contributed by atoms with Gasteiger partial charge in [-0.25, -0.2) is 4.68 Å². The molecule has 0 aliphatic carbocycles. The number of hydrogen-bond donors (Lipinski definition) is 2. The van der Waals surface area contributed by atoms with E-state index in [1.165, 1.54) is 11.8 Å². The summed E-state index contributed by atoms with van der Waals surface area (Å²) < 4.78 is 7.22. The largest absolute Gasteiger partial charge is 0.497 e. The number of nitrogens with zero attached hydrogens (tertiary/aromatic N) is 3. The molecular formula is C23H27N5O2S. The molecule has 2 atom stereocenters. The number of ether oxygens (including phenoxy) is 1. The van der Waals surface area contributed by atoms with Crippen LogP contribution in [0.1, 0.15) is 41.9 Å². The lowest BCUT2D eigenvalue weighted by Crippen LogP contribution is -2.41. The molecule has 1 aliphatic heterocycles. The number of thioether (sulfide) groups is 1. The van der Waals surface area contributed by atoms with Crippen LogP contribution in [0, 0.1) is 13.8 Å². The van der Waals surface area contributed by atoms with Crippen LogP contribution in [-0.4, -0.2) is 33.1 Å². The van der Waals surface area contributed by atoms with Gasteiger partial charge >= 0.3 is 0 Å². The zero-order valence-electron chi connectivity index (χ0n) is 18.2. The summed E-state index contributed by atoms with van der Waals surface area (Å²) in [5.41, 5.74) is 7.46. The van der Waals surface area contributed by atoms with Gasteiger partial charge in [-0.1, -0.05) is 43.0 Å². The van der Waals surface area contributed by atoms with Crippen molar-refractivity contribution < 1.29 is 9.53 Å². The maximum absolute atomic E-state index is 13.4. The fourth-order valence-corrected chi connectivity index (χ4v) is 4.72. The zero-order valence-corrected chi connectivity index (χ0v) is 19.0. The van der Waals surface area contributed by atoms with Gasteiger partial charge in [0.15, 0.2) is 5.82 Å². The van der Waals surface area contributed by atoms with E-state index in [0.29, 0.717) is 5.16 Å². The Labute approximate surface area is 186 Å². The summed E-state index contributed by atoms with van der Waals surface area (Å²) in [6, 6.07) is 13.6. The molecule has 2 heterocycles. The van der Waals surface area contributed by atoms with Crippen molar-refractivity contribution in [2.45, 2.75) is 50.1 Å². The minimum Gasteiger partial charge on any atom is -0.497 e. The standard InChI is InChI=1S/C23H27N5O2S/c1-5-6-19-25-26-23-28(19)27-20(16-9-11-17(30-4)12-10-16)21(31-23)22(29)24-18-13-14(2)7-8-15(18)3/h7-13,20-21,27H,5-6H2,1-4H3,(H,24,29)/t20-,21-/m0/s1. The Bertz CT molecular complexity index is 1080. The van der Waals surface area contributed by atoms with Gasteiger partial charge in [-0.05, 0) is 55.2 Å². The second kappa shape index (κ2) is 9.01. The van der Waals surface area contributed by atoms with E-state index in [1.54, 1.807) is 7.11 Å². The van der Waals surface area contributed by atoms with Crippen LogP contribution >= 0.6 is 11.8 Å². The van der Waals surface area contributed by atoms with Crippen LogP contribution in [-0.2, 0) is 11.2 Å². The molecule has 0 saturated heterocycles. The number of rotatable bonds is 6. The first-order chi connectivity index (χ1) is 15.0. The minimum atomic E-state index is -0.417. The van der Waals surface area contributed by atoms with Gasteiger partial charge in [-0.15, -0.1) is 10.2 Å². The normalized spacial score (nSPS) is 17.5. The summed E-state index contributed by atoms with van der Waals surface area (Å²) in [7, 11) is 1.64. The van der Waals surface area contributed by atoms with Crippen molar-refractivity contribution in [2.24, 2.45) is 0 Å². The van der Waals surface area contributed by atoms with Crippen molar-refractivity contribution in [3.63, 3.8) is 0 Å². The summed E-state index contributed by atoms with van der Waals surface area (Å²) in [5, 5.41) is 12.0. The van der Waals surface area contributed by atoms with Crippen molar-refractivity contribution in [2.75, 3.05) is 17.9 Å². The Hall–Kier alpha value is -3.00. The summed E-state index contributed by atoms with van der Waals surface area (Å²) in [6.45, 7) is 6.12. The molecule has 3 aromatic rings. The molecule has 2 aromatic carbocycles. The first kappa shape index (κ1) is 21.2. The number of anilines is 1. The van der Waals surface area contributed by atoms with E-state index in [-0.39, 0.29) is 11.9 Å². The number of aryl methyl sites for hydroxylation is 3. The maximum Gasteiger partial charge on any atom is 0.240 e. The van der Waals surface area contributed by atoms with E-state index < -0.39 is 5.25 Å². The summed E-state index contributed by atoms with van der Waals surface area (Å²) in [6.07, 6.45) is 1.78. The second-order valence-corrected chi connectivity index (χ2v) is 8.82. The van der Waals surface area contributed by atoms with Crippen LogP contribution in [0.5, 0.6) is 5.75 Å². The van der Waals surface area contributed by atoms with Crippen molar-refractivity contribution in [1.29, 1.82) is 0 Å². The Morgan fingerprint density at radius 2 is 1.97 bits per heavy atom. The molecule has 1 aromatic heterocycles.